The molecule has 3 rings (SSSR count). The number of pyridine rings is 1. The number of rotatable bonds is 7. The first-order valence-electron chi connectivity index (χ1n) is 8.41. The third kappa shape index (κ3) is 4.15. The van der Waals surface area contributed by atoms with Crippen LogP contribution < -0.4 is 0 Å². The molecule has 6 heteroatoms. The fourth-order valence-corrected chi connectivity index (χ4v) is 2.84. The molecule has 2 aromatic heterocycles. The van der Waals surface area contributed by atoms with Gasteiger partial charge in [-0.25, -0.2) is 9.37 Å². The Morgan fingerprint density at radius 3 is 2.77 bits per heavy atom. The highest BCUT2D eigenvalue weighted by molar-refractivity contribution is 5.53. The van der Waals surface area contributed by atoms with Gasteiger partial charge in [-0.1, -0.05) is 12.1 Å². The Labute approximate surface area is 152 Å². The molecule has 0 amide bonds. The number of likely N-dealkylation sites (N-methyl/N-ethyl adjacent to an activating group) is 1. The third-order valence-electron chi connectivity index (χ3n) is 4.25. The predicted octanol–water partition coefficient (Wildman–Crippen LogP) is 4.00. The number of hydrogen-bond acceptors (Lipinski definition) is 5. The normalized spacial score (nSPS) is 12.5. The van der Waals surface area contributed by atoms with Crippen molar-refractivity contribution in [1.29, 1.82) is 0 Å². The van der Waals surface area contributed by atoms with Crippen LogP contribution in [0.2, 0.25) is 0 Å². The van der Waals surface area contributed by atoms with Crippen molar-refractivity contribution in [2.45, 2.75) is 19.5 Å². The molecule has 0 aliphatic rings. The fourth-order valence-electron chi connectivity index (χ4n) is 2.84. The fraction of sp³-hybridized carbons (Fsp3) is 0.300. The lowest BCUT2D eigenvalue weighted by atomic mass is 10.1. The standard InChI is InChI=1S/C20H22FN3O2/c1-14-18(23-20(26-14)15-7-6-8-16(21)11-15)12-24(2)19(13-25-3)17-9-4-5-10-22-17/h4-11,19H,12-13H2,1-3H3. The van der Waals surface area contributed by atoms with E-state index in [1.54, 1.807) is 25.4 Å². The minimum Gasteiger partial charge on any atom is -0.441 e. The van der Waals surface area contributed by atoms with Crippen molar-refractivity contribution in [3.8, 4) is 11.5 Å². The topological polar surface area (TPSA) is 51.4 Å². The molecule has 0 radical (unpaired) electrons. The lowest BCUT2D eigenvalue weighted by Gasteiger charge is -2.26. The largest absolute Gasteiger partial charge is 0.441 e. The summed E-state index contributed by atoms with van der Waals surface area (Å²) in [5.41, 5.74) is 2.37. The van der Waals surface area contributed by atoms with Gasteiger partial charge in [0.2, 0.25) is 5.89 Å². The number of hydrogen-bond donors (Lipinski definition) is 0. The minimum absolute atomic E-state index is 0.00470. The lowest BCUT2D eigenvalue weighted by molar-refractivity contribution is 0.0991. The van der Waals surface area contributed by atoms with Crippen molar-refractivity contribution in [2.24, 2.45) is 0 Å². The Bertz CT molecular complexity index is 851. The molecular weight excluding hydrogens is 333 g/mol. The highest BCUT2D eigenvalue weighted by Gasteiger charge is 2.21. The average molecular weight is 355 g/mol. The van der Waals surface area contributed by atoms with Crippen LogP contribution in [0.25, 0.3) is 11.5 Å². The first-order chi connectivity index (χ1) is 12.6. The summed E-state index contributed by atoms with van der Waals surface area (Å²) >= 11 is 0. The van der Waals surface area contributed by atoms with E-state index in [2.05, 4.69) is 14.9 Å². The van der Waals surface area contributed by atoms with E-state index in [4.69, 9.17) is 9.15 Å². The number of halogens is 1. The number of nitrogens with zero attached hydrogens (tertiary/aromatic N) is 3. The Hall–Kier alpha value is -2.57. The van der Waals surface area contributed by atoms with Gasteiger partial charge in [-0.3, -0.25) is 9.88 Å². The predicted molar refractivity (Wildman–Crippen MR) is 97.0 cm³/mol. The molecular formula is C20H22FN3O2. The van der Waals surface area contributed by atoms with E-state index in [0.717, 1.165) is 11.4 Å². The summed E-state index contributed by atoms with van der Waals surface area (Å²) in [7, 11) is 3.67. The van der Waals surface area contributed by atoms with E-state index >= 15 is 0 Å². The maximum Gasteiger partial charge on any atom is 0.226 e. The summed E-state index contributed by atoms with van der Waals surface area (Å²) in [6.07, 6.45) is 1.77. The van der Waals surface area contributed by atoms with Gasteiger partial charge in [0.15, 0.2) is 0 Å². The Balaban J connectivity index is 1.81. The summed E-state index contributed by atoms with van der Waals surface area (Å²) in [6.45, 7) is 2.95. The molecule has 2 heterocycles. The molecule has 1 aromatic carbocycles. The SMILES string of the molecule is COCC(c1ccccn1)N(C)Cc1nc(-c2cccc(F)c2)oc1C. The van der Waals surface area contributed by atoms with Crippen molar-refractivity contribution >= 4 is 0 Å². The smallest absolute Gasteiger partial charge is 0.226 e. The highest BCUT2D eigenvalue weighted by Crippen LogP contribution is 2.25. The van der Waals surface area contributed by atoms with Gasteiger partial charge in [0.25, 0.3) is 0 Å². The second kappa shape index (κ2) is 8.21. The molecule has 136 valence electrons. The van der Waals surface area contributed by atoms with Gasteiger partial charge in [-0.2, -0.15) is 0 Å². The number of methoxy groups -OCH3 is 1. The van der Waals surface area contributed by atoms with Crippen molar-refractivity contribution in [1.82, 2.24) is 14.9 Å². The molecule has 26 heavy (non-hydrogen) atoms. The van der Waals surface area contributed by atoms with E-state index in [9.17, 15) is 4.39 Å². The van der Waals surface area contributed by atoms with Crippen LogP contribution in [0.1, 0.15) is 23.2 Å². The molecule has 1 unspecified atom stereocenters. The Morgan fingerprint density at radius 1 is 1.23 bits per heavy atom. The third-order valence-corrected chi connectivity index (χ3v) is 4.25. The van der Waals surface area contributed by atoms with Crippen LogP contribution in [-0.2, 0) is 11.3 Å². The quantitative estimate of drug-likeness (QED) is 0.641. The van der Waals surface area contributed by atoms with E-state index in [-0.39, 0.29) is 11.9 Å². The van der Waals surface area contributed by atoms with Gasteiger partial charge in [-0.05, 0) is 44.3 Å². The molecule has 0 N–H and O–H groups in total. The number of benzene rings is 1. The molecule has 3 aromatic rings. The van der Waals surface area contributed by atoms with Gasteiger partial charge in [0.1, 0.15) is 11.6 Å². The molecule has 0 bridgehead atoms. The molecule has 0 aliphatic carbocycles. The summed E-state index contributed by atoms with van der Waals surface area (Å²) < 4.78 is 24.6. The maximum atomic E-state index is 13.5. The number of ether oxygens (including phenoxy) is 1. The summed E-state index contributed by atoms with van der Waals surface area (Å²) in [6, 6.07) is 12.1. The first kappa shape index (κ1) is 18.2. The van der Waals surface area contributed by atoms with Gasteiger partial charge in [0, 0.05) is 25.4 Å². The van der Waals surface area contributed by atoms with Crippen LogP contribution in [0.4, 0.5) is 4.39 Å². The maximum absolute atomic E-state index is 13.5. The molecule has 0 aliphatic heterocycles. The van der Waals surface area contributed by atoms with Crippen molar-refractivity contribution < 1.29 is 13.5 Å². The summed E-state index contributed by atoms with van der Waals surface area (Å²) in [5.74, 6) is 0.826. The Morgan fingerprint density at radius 2 is 2.08 bits per heavy atom. The number of oxazole rings is 1. The van der Waals surface area contributed by atoms with Gasteiger partial charge < -0.3 is 9.15 Å². The van der Waals surface area contributed by atoms with Gasteiger partial charge in [0.05, 0.1) is 24.0 Å². The zero-order valence-corrected chi connectivity index (χ0v) is 15.1. The highest BCUT2D eigenvalue weighted by atomic mass is 19.1. The van der Waals surface area contributed by atoms with E-state index in [1.165, 1.54) is 12.1 Å². The zero-order chi connectivity index (χ0) is 18.5. The Kier molecular flexibility index (Phi) is 5.75. The lowest BCUT2D eigenvalue weighted by Crippen LogP contribution is -2.28. The molecule has 0 spiro atoms. The number of aromatic nitrogens is 2. The average Bonchev–Trinajstić information content (AvgIpc) is 3.01. The number of aryl methyl sites for hydroxylation is 1. The first-order valence-corrected chi connectivity index (χ1v) is 8.41. The summed E-state index contributed by atoms with van der Waals surface area (Å²) in [4.78, 5) is 11.1. The van der Waals surface area contributed by atoms with Gasteiger partial charge in [-0.15, -0.1) is 0 Å². The minimum atomic E-state index is -0.313. The molecule has 0 saturated heterocycles. The van der Waals surface area contributed by atoms with Crippen LogP contribution in [0.15, 0.2) is 53.1 Å². The van der Waals surface area contributed by atoms with Crippen LogP contribution in [-0.4, -0.2) is 35.6 Å². The molecule has 0 fully saturated rings. The molecule has 1 atom stereocenters. The zero-order valence-electron chi connectivity index (χ0n) is 15.1. The van der Waals surface area contributed by atoms with Crippen LogP contribution in [0.5, 0.6) is 0 Å². The van der Waals surface area contributed by atoms with E-state index < -0.39 is 0 Å². The van der Waals surface area contributed by atoms with Crippen molar-refractivity contribution in [3.63, 3.8) is 0 Å². The van der Waals surface area contributed by atoms with Crippen LogP contribution in [0.3, 0.4) is 0 Å². The summed E-state index contributed by atoms with van der Waals surface area (Å²) in [5, 5.41) is 0. The monoisotopic (exact) mass is 355 g/mol. The second-order valence-corrected chi connectivity index (χ2v) is 6.17. The van der Waals surface area contributed by atoms with E-state index in [0.29, 0.717) is 30.4 Å². The van der Waals surface area contributed by atoms with Crippen molar-refractivity contribution in [3.05, 3.63) is 71.6 Å². The van der Waals surface area contributed by atoms with Crippen molar-refractivity contribution in [2.75, 3.05) is 20.8 Å². The van der Waals surface area contributed by atoms with Gasteiger partial charge >= 0.3 is 0 Å². The van der Waals surface area contributed by atoms with Crippen LogP contribution in [0, 0.1) is 12.7 Å². The van der Waals surface area contributed by atoms with E-state index in [1.807, 2.05) is 32.2 Å². The van der Waals surface area contributed by atoms with Crippen LogP contribution >= 0.6 is 0 Å². The molecule has 0 saturated carbocycles. The second-order valence-electron chi connectivity index (χ2n) is 6.17. The molecule has 5 nitrogen and oxygen atoms in total.